The van der Waals surface area contributed by atoms with Crippen LogP contribution < -0.4 is 5.32 Å². The van der Waals surface area contributed by atoms with Gasteiger partial charge in [-0.15, -0.1) is 0 Å². The minimum atomic E-state index is -0.332. The van der Waals surface area contributed by atoms with Crippen molar-refractivity contribution >= 4 is 0 Å². The molecule has 1 aliphatic heterocycles. The van der Waals surface area contributed by atoms with E-state index in [4.69, 9.17) is 4.74 Å². The smallest absolute Gasteiger partial charge is 0.142 e. The number of aryl methyl sites for hydroxylation is 1. The lowest BCUT2D eigenvalue weighted by Gasteiger charge is -2.42. The van der Waals surface area contributed by atoms with Gasteiger partial charge in [-0.25, -0.2) is 0 Å². The Morgan fingerprint density at radius 1 is 1.25 bits per heavy atom. The van der Waals surface area contributed by atoms with Crippen molar-refractivity contribution in [1.29, 1.82) is 0 Å². The van der Waals surface area contributed by atoms with Crippen LogP contribution in [0.15, 0.2) is 24.3 Å². The predicted octanol–water partition coefficient (Wildman–Crippen LogP) is 2.81. The van der Waals surface area contributed by atoms with E-state index in [1.807, 2.05) is 0 Å². The largest absolute Gasteiger partial charge is 0.356 e. The zero-order valence-corrected chi connectivity index (χ0v) is 10.6. The number of ether oxygens (including phenoxy) is 1. The van der Waals surface area contributed by atoms with E-state index >= 15 is 0 Å². The lowest BCUT2D eigenvalue weighted by molar-refractivity contribution is -0.131. The van der Waals surface area contributed by atoms with E-state index in [1.165, 1.54) is 11.1 Å². The Bertz CT molecular complexity index is 374. The van der Waals surface area contributed by atoms with Crippen molar-refractivity contribution in [2.45, 2.75) is 33.4 Å². The quantitative estimate of drug-likeness (QED) is 0.784. The molecule has 0 radical (unpaired) electrons. The van der Waals surface area contributed by atoms with Crippen LogP contribution in [-0.2, 0) is 10.5 Å². The van der Waals surface area contributed by atoms with Crippen LogP contribution in [0, 0.1) is 12.3 Å². The molecule has 1 aromatic carbocycles. The fourth-order valence-electron chi connectivity index (χ4n) is 1.98. The molecule has 1 atom stereocenters. The lowest BCUT2D eigenvalue weighted by atomic mass is 9.90. The van der Waals surface area contributed by atoms with Crippen molar-refractivity contribution in [3.63, 3.8) is 0 Å². The van der Waals surface area contributed by atoms with Crippen molar-refractivity contribution < 1.29 is 4.74 Å². The number of benzene rings is 1. The van der Waals surface area contributed by atoms with Gasteiger partial charge in [0.1, 0.15) is 5.72 Å². The highest BCUT2D eigenvalue weighted by molar-refractivity contribution is 5.27. The number of rotatable bonds is 1. The van der Waals surface area contributed by atoms with Crippen LogP contribution in [0.3, 0.4) is 0 Å². The highest BCUT2D eigenvalue weighted by Gasteiger charge is 2.36. The Morgan fingerprint density at radius 3 is 2.56 bits per heavy atom. The molecule has 1 fully saturated rings. The van der Waals surface area contributed by atoms with Crippen LogP contribution in [0.5, 0.6) is 0 Å². The predicted molar refractivity (Wildman–Crippen MR) is 66.3 cm³/mol. The van der Waals surface area contributed by atoms with Gasteiger partial charge < -0.3 is 4.74 Å². The third kappa shape index (κ3) is 2.28. The molecule has 0 aromatic heterocycles. The first-order valence-corrected chi connectivity index (χ1v) is 5.87. The highest BCUT2D eigenvalue weighted by Crippen LogP contribution is 2.31. The molecule has 0 bridgehead atoms. The third-order valence-electron chi connectivity index (χ3n) is 3.22. The Morgan fingerprint density at radius 2 is 2.00 bits per heavy atom. The molecule has 1 heterocycles. The Balaban J connectivity index is 2.21. The number of hydrogen-bond acceptors (Lipinski definition) is 2. The van der Waals surface area contributed by atoms with Crippen molar-refractivity contribution in [2.24, 2.45) is 5.41 Å². The second-order valence-electron chi connectivity index (χ2n) is 5.71. The number of nitrogens with one attached hydrogen (secondary N) is 1. The van der Waals surface area contributed by atoms with Gasteiger partial charge in [0.25, 0.3) is 0 Å². The summed E-state index contributed by atoms with van der Waals surface area (Å²) >= 11 is 0. The lowest BCUT2D eigenvalue weighted by Crippen LogP contribution is -2.53. The van der Waals surface area contributed by atoms with E-state index in [9.17, 15) is 0 Å². The molecule has 2 heteroatoms. The maximum Gasteiger partial charge on any atom is 0.142 e. The summed E-state index contributed by atoms with van der Waals surface area (Å²) in [4.78, 5) is 0. The van der Waals surface area contributed by atoms with Gasteiger partial charge in [0, 0.05) is 12.0 Å². The van der Waals surface area contributed by atoms with Crippen LogP contribution in [-0.4, -0.2) is 13.2 Å². The summed E-state index contributed by atoms with van der Waals surface area (Å²) in [6, 6.07) is 8.50. The normalized spacial score (nSPS) is 29.0. The summed E-state index contributed by atoms with van der Waals surface area (Å²) in [6.07, 6.45) is 0. The van der Waals surface area contributed by atoms with E-state index in [-0.39, 0.29) is 11.1 Å². The molecule has 0 spiro atoms. The zero-order chi connectivity index (χ0) is 11.8. The van der Waals surface area contributed by atoms with Gasteiger partial charge in [0.15, 0.2) is 0 Å². The van der Waals surface area contributed by atoms with Crippen LogP contribution in [0.2, 0.25) is 0 Å². The maximum absolute atomic E-state index is 6.01. The van der Waals surface area contributed by atoms with Crippen LogP contribution >= 0.6 is 0 Å². The first-order chi connectivity index (χ1) is 7.41. The molecule has 2 nitrogen and oxygen atoms in total. The fraction of sp³-hybridized carbons (Fsp3) is 0.571. The van der Waals surface area contributed by atoms with E-state index in [1.54, 1.807) is 0 Å². The molecule has 2 rings (SSSR count). The van der Waals surface area contributed by atoms with Crippen molar-refractivity contribution in [3.05, 3.63) is 35.4 Å². The summed E-state index contributed by atoms with van der Waals surface area (Å²) < 4.78 is 6.01. The average molecular weight is 219 g/mol. The molecule has 0 aliphatic carbocycles. The second kappa shape index (κ2) is 3.86. The minimum absolute atomic E-state index is 0.226. The molecule has 1 aromatic rings. The SMILES string of the molecule is Cc1cccc(C2(C)NCC(C)(C)CO2)c1. The summed E-state index contributed by atoms with van der Waals surface area (Å²) in [6.45, 7) is 10.4. The van der Waals surface area contributed by atoms with Gasteiger partial charge in [-0.2, -0.15) is 0 Å². The van der Waals surface area contributed by atoms with Gasteiger partial charge in [-0.05, 0) is 19.4 Å². The molecule has 16 heavy (non-hydrogen) atoms. The van der Waals surface area contributed by atoms with Gasteiger partial charge in [0.05, 0.1) is 6.61 Å². The standard InChI is InChI=1S/C14H21NO/c1-11-6-5-7-12(8-11)14(4)15-9-13(2,3)10-16-14/h5-8,15H,9-10H2,1-4H3. The van der Waals surface area contributed by atoms with Crippen LogP contribution in [0.1, 0.15) is 31.9 Å². The Labute approximate surface area is 98.0 Å². The Kier molecular flexibility index (Phi) is 2.81. The highest BCUT2D eigenvalue weighted by atomic mass is 16.5. The van der Waals surface area contributed by atoms with Gasteiger partial charge in [0.2, 0.25) is 0 Å². The van der Waals surface area contributed by atoms with Crippen molar-refractivity contribution in [1.82, 2.24) is 5.32 Å². The summed E-state index contributed by atoms with van der Waals surface area (Å²) in [5, 5.41) is 3.51. The summed E-state index contributed by atoms with van der Waals surface area (Å²) in [5.74, 6) is 0. The molecule has 1 N–H and O–H groups in total. The van der Waals surface area contributed by atoms with E-state index < -0.39 is 0 Å². The first kappa shape index (κ1) is 11.6. The molecule has 1 aliphatic rings. The van der Waals surface area contributed by atoms with Crippen LogP contribution in [0.25, 0.3) is 0 Å². The number of hydrogen-bond donors (Lipinski definition) is 1. The monoisotopic (exact) mass is 219 g/mol. The third-order valence-corrected chi connectivity index (χ3v) is 3.22. The van der Waals surface area contributed by atoms with Crippen LogP contribution in [0.4, 0.5) is 0 Å². The van der Waals surface area contributed by atoms with Crippen molar-refractivity contribution in [3.8, 4) is 0 Å². The summed E-state index contributed by atoms with van der Waals surface area (Å²) in [5.41, 5.74) is 2.38. The van der Waals surface area contributed by atoms with Gasteiger partial charge >= 0.3 is 0 Å². The van der Waals surface area contributed by atoms with Gasteiger partial charge in [-0.1, -0.05) is 43.7 Å². The van der Waals surface area contributed by atoms with E-state index in [0.29, 0.717) is 0 Å². The topological polar surface area (TPSA) is 21.3 Å². The van der Waals surface area contributed by atoms with E-state index in [2.05, 4.69) is 57.3 Å². The average Bonchev–Trinajstić information content (AvgIpc) is 2.23. The second-order valence-corrected chi connectivity index (χ2v) is 5.71. The Hall–Kier alpha value is -0.860. The molecular formula is C14H21NO. The minimum Gasteiger partial charge on any atom is -0.356 e. The maximum atomic E-state index is 6.01. The van der Waals surface area contributed by atoms with Crippen molar-refractivity contribution in [2.75, 3.05) is 13.2 Å². The first-order valence-electron chi connectivity index (χ1n) is 5.87. The summed E-state index contributed by atoms with van der Waals surface area (Å²) in [7, 11) is 0. The molecule has 1 saturated heterocycles. The molecule has 88 valence electrons. The molecule has 1 unspecified atom stereocenters. The van der Waals surface area contributed by atoms with E-state index in [0.717, 1.165) is 13.2 Å². The fourth-order valence-corrected chi connectivity index (χ4v) is 1.98. The van der Waals surface area contributed by atoms with Gasteiger partial charge in [-0.3, -0.25) is 5.32 Å². The molecule has 0 amide bonds. The molecular weight excluding hydrogens is 198 g/mol. The zero-order valence-electron chi connectivity index (χ0n) is 10.6. The molecule has 0 saturated carbocycles.